The summed E-state index contributed by atoms with van der Waals surface area (Å²) >= 11 is 0. The first-order valence-corrected chi connectivity index (χ1v) is 20.7. The van der Waals surface area contributed by atoms with Crippen molar-refractivity contribution in [3.05, 3.63) is 83.9 Å². The highest BCUT2D eigenvalue weighted by Gasteiger charge is 2.31. The van der Waals surface area contributed by atoms with Crippen LogP contribution in [0, 0.1) is 0 Å². The maximum absolute atomic E-state index is 14.5. The lowest BCUT2D eigenvalue weighted by Gasteiger charge is -2.30. The molecule has 8 amide bonds. The minimum Gasteiger partial charge on any atom is -0.372 e. The minimum absolute atomic E-state index is 0.0183. The lowest BCUT2D eigenvalue weighted by atomic mass is 9.98. The van der Waals surface area contributed by atoms with Crippen LogP contribution in [-0.2, 0) is 56.1 Å². The minimum atomic E-state index is -1.28. The van der Waals surface area contributed by atoms with E-state index in [1.165, 1.54) is 11.8 Å². The topological polar surface area (TPSA) is 233 Å². The van der Waals surface area contributed by atoms with Crippen molar-refractivity contribution in [1.82, 2.24) is 42.1 Å². The van der Waals surface area contributed by atoms with E-state index in [1.807, 2.05) is 72.8 Å². The van der Waals surface area contributed by atoms with Gasteiger partial charge >= 0.3 is 0 Å². The van der Waals surface area contributed by atoms with E-state index in [0.29, 0.717) is 25.9 Å². The number of benzene rings is 3. The van der Waals surface area contributed by atoms with Crippen molar-refractivity contribution in [2.24, 2.45) is 0 Å². The second kappa shape index (κ2) is 25.3. The fraction of sp³-hybridized carbons (Fsp3) is 0.455. The van der Waals surface area contributed by atoms with Gasteiger partial charge in [-0.1, -0.05) is 85.6 Å². The molecule has 1 heterocycles. The van der Waals surface area contributed by atoms with Crippen LogP contribution in [0.3, 0.4) is 0 Å². The molecule has 0 saturated carbocycles. The van der Waals surface area contributed by atoms with Gasteiger partial charge in [-0.25, -0.2) is 0 Å². The van der Waals surface area contributed by atoms with Crippen molar-refractivity contribution in [3.8, 4) is 0 Å². The summed E-state index contributed by atoms with van der Waals surface area (Å²) in [5.74, 6) is -4.58. The van der Waals surface area contributed by atoms with Crippen LogP contribution >= 0.6 is 0 Å². The summed E-state index contributed by atoms with van der Waals surface area (Å²) in [5.41, 5.74) is 1.62. The molecule has 1 aliphatic rings. The van der Waals surface area contributed by atoms with Crippen molar-refractivity contribution in [2.75, 3.05) is 45.8 Å². The molecule has 1 aliphatic heterocycles. The van der Waals surface area contributed by atoms with Gasteiger partial charge in [-0.3, -0.25) is 38.4 Å². The monoisotopic (exact) mass is 842 g/mol. The fourth-order valence-corrected chi connectivity index (χ4v) is 6.67. The van der Waals surface area contributed by atoms with E-state index in [1.54, 1.807) is 6.92 Å². The number of carbonyl (C=O) groups excluding carboxylic acids is 8. The lowest BCUT2D eigenvalue weighted by Crippen LogP contribution is -2.56. The van der Waals surface area contributed by atoms with E-state index in [2.05, 4.69) is 37.2 Å². The largest absolute Gasteiger partial charge is 0.372 e. The predicted octanol–water partition coefficient (Wildman–Crippen LogP) is 0.741. The Morgan fingerprint density at radius 1 is 0.770 bits per heavy atom. The normalized spacial score (nSPS) is 19.1. The third-order valence-corrected chi connectivity index (χ3v) is 9.87. The zero-order valence-corrected chi connectivity index (χ0v) is 34.9. The van der Waals surface area contributed by atoms with Crippen molar-refractivity contribution in [3.63, 3.8) is 0 Å². The molecule has 0 aromatic heterocycles. The van der Waals surface area contributed by atoms with E-state index in [-0.39, 0.29) is 50.8 Å². The number of carbonyl (C=O) groups is 8. The maximum Gasteiger partial charge on any atom is 0.245 e. The van der Waals surface area contributed by atoms with Gasteiger partial charge in [0, 0.05) is 39.4 Å². The number of nitrogens with zero attached hydrogens (tertiary/aromatic N) is 1. The van der Waals surface area contributed by atoms with Crippen LogP contribution in [0.25, 0.3) is 10.8 Å². The van der Waals surface area contributed by atoms with Crippen LogP contribution in [0.5, 0.6) is 0 Å². The Morgan fingerprint density at radius 3 is 2.16 bits per heavy atom. The van der Waals surface area contributed by atoms with Gasteiger partial charge in [0.15, 0.2) is 0 Å². The van der Waals surface area contributed by atoms with E-state index >= 15 is 0 Å². The van der Waals surface area contributed by atoms with Crippen LogP contribution in [0.1, 0.15) is 63.5 Å². The molecule has 1 unspecified atom stereocenters. The second-order valence-electron chi connectivity index (χ2n) is 15.0. The molecule has 17 nitrogen and oxygen atoms in total. The number of hydrogen-bond acceptors (Lipinski definition) is 9. The molecule has 17 heteroatoms. The lowest BCUT2D eigenvalue weighted by molar-refractivity contribution is -0.142. The molecule has 0 bridgehead atoms. The van der Waals surface area contributed by atoms with Gasteiger partial charge in [0.25, 0.3) is 0 Å². The molecule has 61 heavy (non-hydrogen) atoms. The summed E-state index contributed by atoms with van der Waals surface area (Å²) in [7, 11) is 0. The molecular formula is C44H58N8O9. The summed E-state index contributed by atoms with van der Waals surface area (Å²) in [6, 6.07) is 20.0. The number of amides is 8. The molecule has 3 atom stereocenters. The molecule has 3 aromatic carbocycles. The maximum atomic E-state index is 14.5. The zero-order valence-electron chi connectivity index (χ0n) is 34.9. The van der Waals surface area contributed by atoms with Gasteiger partial charge < -0.3 is 46.9 Å². The Morgan fingerprint density at radius 2 is 1.43 bits per heavy atom. The average molecular weight is 843 g/mol. The first-order valence-electron chi connectivity index (χ1n) is 20.7. The smallest absolute Gasteiger partial charge is 0.245 e. The first kappa shape index (κ1) is 47.3. The summed E-state index contributed by atoms with van der Waals surface area (Å²) in [6.07, 6.45) is 2.04. The third kappa shape index (κ3) is 17.4. The highest BCUT2D eigenvalue weighted by Crippen LogP contribution is 2.20. The average Bonchev–Trinajstić information content (AvgIpc) is 3.25. The molecule has 4 rings (SSSR count). The number of nitrogens with one attached hydrogen (secondary N) is 7. The summed E-state index contributed by atoms with van der Waals surface area (Å²) in [6.45, 7) is 2.08. The van der Waals surface area contributed by atoms with Gasteiger partial charge in [-0.2, -0.15) is 0 Å². The number of rotatable bonds is 10. The summed E-state index contributed by atoms with van der Waals surface area (Å²) < 4.78 is 6.07. The fourth-order valence-electron chi connectivity index (χ4n) is 6.67. The van der Waals surface area contributed by atoms with E-state index in [0.717, 1.165) is 34.7 Å². The van der Waals surface area contributed by atoms with Crippen LogP contribution in [0.4, 0.5) is 0 Å². The van der Waals surface area contributed by atoms with Crippen molar-refractivity contribution >= 4 is 58.0 Å². The van der Waals surface area contributed by atoms with Crippen LogP contribution in [-0.4, -0.2) is 116 Å². The summed E-state index contributed by atoms with van der Waals surface area (Å²) in [5, 5.41) is 20.2. The first-order chi connectivity index (χ1) is 29.4. The highest BCUT2D eigenvalue weighted by atomic mass is 16.5. The molecule has 0 aliphatic carbocycles. The zero-order chi connectivity index (χ0) is 44.0. The van der Waals surface area contributed by atoms with Gasteiger partial charge in [0.2, 0.25) is 47.3 Å². The van der Waals surface area contributed by atoms with Gasteiger partial charge in [0.1, 0.15) is 12.1 Å². The quantitative estimate of drug-likeness (QED) is 0.152. The number of hydrogen-bond donors (Lipinski definition) is 7. The standard InChI is InChI=1S/C44H58N8O9/c1-30(61-29-32-13-6-5-7-14-32)27-52-28-42(58)51-37(23-34-17-12-16-33-15-8-9-18-35(33)34)43(59)49-25-40(56)48-24-39(55)46-22-11-4-3-10-21-45-38(54)20-19-36(44(52)60)50-41(57)26-47-31(2)53/h5-9,12-18,30,36-37H,3-4,10-11,19-29H2,1-2H3,(H,45,54)(H,46,55)(H,47,53)(H,48,56)(H,49,59)(H,50,57)(H,51,58)/t30?,36-,37+/m0/s1. The van der Waals surface area contributed by atoms with Crippen molar-refractivity contribution in [2.45, 2.75) is 83.6 Å². The highest BCUT2D eigenvalue weighted by molar-refractivity contribution is 5.95. The Bertz CT molecular complexity index is 1970. The second-order valence-corrected chi connectivity index (χ2v) is 15.0. The molecule has 1 saturated heterocycles. The number of ether oxygens (including phenoxy) is 1. The molecule has 0 radical (unpaired) electrons. The molecular weight excluding hydrogens is 785 g/mol. The SMILES string of the molecule is CC(=O)NCC(=O)N[C@H]1CCC(=O)NCCCCCCNC(=O)CNC(=O)CNC(=O)[C@@H](Cc2cccc3ccccc23)NC(=O)CN(CC(C)OCc2ccccc2)C1=O. The Balaban J connectivity index is 1.63. The Hall–Kier alpha value is -6.36. The Labute approximate surface area is 355 Å². The van der Waals surface area contributed by atoms with Gasteiger partial charge in [-0.05, 0) is 48.1 Å². The van der Waals surface area contributed by atoms with Gasteiger partial charge in [0.05, 0.1) is 38.9 Å². The molecule has 0 spiro atoms. The Kier molecular flexibility index (Phi) is 19.6. The van der Waals surface area contributed by atoms with E-state index in [9.17, 15) is 38.4 Å². The molecule has 7 N–H and O–H groups in total. The molecule has 3 aromatic rings. The third-order valence-electron chi connectivity index (χ3n) is 9.87. The summed E-state index contributed by atoms with van der Waals surface area (Å²) in [4.78, 5) is 106. The predicted molar refractivity (Wildman–Crippen MR) is 227 cm³/mol. The van der Waals surface area contributed by atoms with E-state index in [4.69, 9.17) is 4.74 Å². The van der Waals surface area contributed by atoms with Gasteiger partial charge in [-0.15, -0.1) is 0 Å². The van der Waals surface area contributed by atoms with Crippen LogP contribution in [0.15, 0.2) is 72.8 Å². The van der Waals surface area contributed by atoms with Crippen LogP contribution < -0.4 is 37.2 Å². The van der Waals surface area contributed by atoms with Crippen molar-refractivity contribution < 1.29 is 43.1 Å². The van der Waals surface area contributed by atoms with Crippen LogP contribution in [0.2, 0.25) is 0 Å². The molecule has 1 fully saturated rings. The number of fused-ring (bicyclic) bond motifs is 1. The van der Waals surface area contributed by atoms with Crippen molar-refractivity contribution in [1.29, 1.82) is 0 Å². The molecule has 328 valence electrons. The van der Waals surface area contributed by atoms with E-state index < -0.39 is 73.3 Å².